The minimum atomic E-state index is -4.74. The van der Waals surface area contributed by atoms with E-state index >= 15 is 0 Å². The number of halogens is 3. The highest BCUT2D eigenvalue weighted by Crippen LogP contribution is 2.29. The van der Waals surface area contributed by atoms with Crippen molar-refractivity contribution in [2.75, 3.05) is 6.26 Å². The van der Waals surface area contributed by atoms with E-state index in [1.807, 2.05) is 22.8 Å². The van der Waals surface area contributed by atoms with Crippen LogP contribution in [0.4, 0.5) is 13.2 Å². The molecule has 2 aromatic heterocycles. The fourth-order valence-corrected chi connectivity index (χ4v) is 4.49. The van der Waals surface area contributed by atoms with Gasteiger partial charge in [-0.15, -0.1) is 24.5 Å². The van der Waals surface area contributed by atoms with Gasteiger partial charge in [-0.05, 0) is 23.8 Å². The van der Waals surface area contributed by atoms with Crippen LogP contribution in [0.25, 0.3) is 21.3 Å². The Labute approximate surface area is 157 Å². The van der Waals surface area contributed by atoms with Gasteiger partial charge in [0.15, 0.2) is 4.34 Å². The van der Waals surface area contributed by atoms with Crippen molar-refractivity contribution in [1.82, 2.24) is 14.5 Å². The molecular weight excluding hydrogens is 399 g/mol. The van der Waals surface area contributed by atoms with E-state index in [1.165, 1.54) is 29.5 Å². The molecule has 27 heavy (non-hydrogen) atoms. The fraction of sp³-hybridized carbons (Fsp3) is 0.176. The summed E-state index contributed by atoms with van der Waals surface area (Å²) < 4.78 is 56.0. The van der Waals surface area contributed by atoms with Gasteiger partial charge >= 0.3 is 6.36 Å². The summed E-state index contributed by atoms with van der Waals surface area (Å²) in [7, 11) is -1.16. The Morgan fingerprint density at radius 3 is 2.81 bits per heavy atom. The van der Waals surface area contributed by atoms with Crippen molar-refractivity contribution < 1.29 is 22.1 Å². The molecule has 4 aromatic rings. The lowest BCUT2D eigenvalue weighted by Gasteiger charge is -2.09. The van der Waals surface area contributed by atoms with Crippen LogP contribution in [0.15, 0.2) is 47.1 Å². The highest BCUT2D eigenvalue weighted by Gasteiger charge is 2.31. The van der Waals surface area contributed by atoms with E-state index < -0.39 is 17.2 Å². The van der Waals surface area contributed by atoms with Crippen molar-refractivity contribution in [2.24, 2.45) is 0 Å². The molecule has 5 nitrogen and oxygen atoms in total. The normalized spacial score (nSPS) is 13.3. The lowest BCUT2D eigenvalue weighted by atomic mass is 10.2. The molecule has 4 rings (SSSR count). The smallest absolute Gasteiger partial charge is 0.406 e. The monoisotopic (exact) mass is 411 g/mol. The minimum absolute atomic E-state index is 0.308. The first kappa shape index (κ1) is 17.9. The number of nitrogens with zero attached hydrogens (tertiary/aromatic N) is 3. The van der Waals surface area contributed by atoms with Crippen LogP contribution in [-0.2, 0) is 17.3 Å². The summed E-state index contributed by atoms with van der Waals surface area (Å²) in [6.45, 7) is 0.437. The molecule has 0 N–H and O–H groups in total. The third kappa shape index (κ3) is 3.67. The van der Waals surface area contributed by atoms with Crippen molar-refractivity contribution in [3.8, 4) is 5.75 Å². The predicted octanol–water partition coefficient (Wildman–Crippen LogP) is 4.33. The van der Waals surface area contributed by atoms with Gasteiger partial charge in [0.25, 0.3) is 0 Å². The number of benzene rings is 2. The van der Waals surface area contributed by atoms with E-state index in [9.17, 15) is 17.4 Å². The van der Waals surface area contributed by atoms with Gasteiger partial charge in [0.2, 0.25) is 0 Å². The van der Waals surface area contributed by atoms with E-state index in [-0.39, 0.29) is 5.75 Å². The fourth-order valence-electron chi connectivity index (χ4n) is 2.79. The van der Waals surface area contributed by atoms with Gasteiger partial charge in [-0.2, -0.15) is 0 Å². The summed E-state index contributed by atoms with van der Waals surface area (Å²) in [5.41, 5.74) is 2.76. The largest absolute Gasteiger partial charge is 0.573 e. The predicted molar refractivity (Wildman–Crippen MR) is 97.5 cm³/mol. The number of thiazole rings is 1. The average molecular weight is 411 g/mol. The second-order valence-electron chi connectivity index (χ2n) is 5.77. The Kier molecular flexibility index (Phi) is 4.39. The first-order valence-electron chi connectivity index (χ1n) is 7.73. The van der Waals surface area contributed by atoms with E-state index in [2.05, 4.69) is 14.7 Å². The van der Waals surface area contributed by atoms with E-state index in [0.717, 1.165) is 15.8 Å². The number of para-hydroxylation sites is 1. The van der Waals surface area contributed by atoms with Crippen LogP contribution in [0.3, 0.4) is 0 Å². The number of imidazole rings is 1. The molecule has 0 aliphatic carbocycles. The van der Waals surface area contributed by atoms with Crippen LogP contribution in [0.2, 0.25) is 0 Å². The number of hydrogen-bond acceptors (Lipinski definition) is 5. The molecule has 2 aromatic carbocycles. The van der Waals surface area contributed by atoms with E-state index in [1.54, 1.807) is 12.6 Å². The topological polar surface area (TPSA) is 57.0 Å². The first-order valence-corrected chi connectivity index (χ1v) is 10.1. The Bertz CT molecular complexity index is 1170. The maximum absolute atomic E-state index is 12.4. The molecule has 10 heteroatoms. The molecule has 0 fully saturated rings. The number of rotatable bonds is 4. The van der Waals surface area contributed by atoms with Crippen molar-refractivity contribution >= 4 is 43.4 Å². The lowest BCUT2D eigenvalue weighted by molar-refractivity contribution is -0.274. The van der Waals surface area contributed by atoms with Crippen LogP contribution in [0, 0.1) is 0 Å². The quantitative estimate of drug-likeness (QED) is 0.502. The minimum Gasteiger partial charge on any atom is -0.406 e. The summed E-state index contributed by atoms with van der Waals surface area (Å²) in [6.07, 6.45) is -1.60. The Hall–Kier alpha value is -2.46. The number of ether oxygens (including phenoxy) is 1. The molecule has 0 saturated carbocycles. The van der Waals surface area contributed by atoms with Crippen molar-refractivity contribution in [3.63, 3.8) is 0 Å². The summed E-state index contributed by atoms with van der Waals surface area (Å²) >= 11 is 1.38. The summed E-state index contributed by atoms with van der Waals surface area (Å²) in [4.78, 5) is 8.63. The van der Waals surface area contributed by atoms with Gasteiger partial charge < -0.3 is 9.30 Å². The maximum atomic E-state index is 12.4. The summed E-state index contributed by atoms with van der Waals surface area (Å²) in [5, 5.41) is 0. The standard InChI is InChI=1S/C17H12F3N3O2S2/c1-27(24)16-22-15-10(3-2-4-14(15)26-16)8-23-9-21-12-7-11(5-6-13(12)23)25-17(18,19)20/h2-7,9H,8H2,1H3. The molecule has 1 unspecified atom stereocenters. The highest BCUT2D eigenvalue weighted by atomic mass is 32.2. The van der Waals surface area contributed by atoms with Crippen LogP contribution in [0.5, 0.6) is 5.75 Å². The molecule has 0 saturated heterocycles. The Morgan fingerprint density at radius 2 is 2.07 bits per heavy atom. The molecule has 0 amide bonds. The van der Waals surface area contributed by atoms with Crippen LogP contribution in [-0.4, -0.2) is 31.4 Å². The van der Waals surface area contributed by atoms with E-state index in [4.69, 9.17) is 0 Å². The van der Waals surface area contributed by atoms with Gasteiger partial charge in [-0.25, -0.2) is 9.97 Å². The lowest BCUT2D eigenvalue weighted by Crippen LogP contribution is -2.17. The second-order valence-corrected chi connectivity index (χ2v) is 8.35. The van der Waals surface area contributed by atoms with Gasteiger partial charge in [0, 0.05) is 12.3 Å². The molecule has 140 valence electrons. The van der Waals surface area contributed by atoms with Crippen LogP contribution < -0.4 is 4.74 Å². The Morgan fingerprint density at radius 1 is 1.26 bits per heavy atom. The maximum Gasteiger partial charge on any atom is 0.573 e. The van der Waals surface area contributed by atoms with Gasteiger partial charge in [-0.1, -0.05) is 12.1 Å². The molecule has 2 heterocycles. The van der Waals surface area contributed by atoms with Crippen molar-refractivity contribution in [1.29, 1.82) is 0 Å². The molecule has 0 aliphatic rings. The van der Waals surface area contributed by atoms with Crippen molar-refractivity contribution in [2.45, 2.75) is 17.2 Å². The zero-order valence-electron chi connectivity index (χ0n) is 13.9. The second kappa shape index (κ2) is 6.61. The number of alkyl halides is 3. The first-order chi connectivity index (χ1) is 12.8. The molecule has 0 aliphatic heterocycles. The highest BCUT2D eigenvalue weighted by molar-refractivity contribution is 7.86. The van der Waals surface area contributed by atoms with E-state index in [0.29, 0.717) is 21.9 Å². The zero-order chi connectivity index (χ0) is 19.2. The van der Waals surface area contributed by atoms with Gasteiger partial charge in [0.1, 0.15) is 5.75 Å². The number of aromatic nitrogens is 3. The third-order valence-electron chi connectivity index (χ3n) is 3.90. The number of hydrogen-bond donors (Lipinski definition) is 0. The average Bonchev–Trinajstić information content (AvgIpc) is 3.18. The van der Waals surface area contributed by atoms with Crippen molar-refractivity contribution in [3.05, 3.63) is 48.3 Å². The zero-order valence-corrected chi connectivity index (χ0v) is 15.5. The molecule has 0 radical (unpaired) electrons. The molecule has 0 spiro atoms. The van der Waals surface area contributed by atoms with Gasteiger partial charge in [0.05, 0.1) is 44.9 Å². The Balaban J connectivity index is 1.70. The molecule has 0 bridgehead atoms. The summed E-state index contributed by atoms with van der Waals surface area (Å²) in [6, 6.07) is 9.78. The summed E-state index contributed by atoms with van der Waals surface area (Å²) in [5.74, 6) is -0.308. The van der Waals surface area contributed by atoms with Crippen LogP contribution in [0.1, 0.15) is 5.56 Å². The molecule has 1 atom stereocenters. The SMILES string of the molecule is CS(=O)c1nc2c(Cn3cnc4cc(OC(F)(F)F)ccc43)cccc2s1. The molecular formula is C17H12F3N3O2S2. The number of fused-ring (bicyclic) bond motifs is 2. The van der Waals surface area contributed by atoms with Gasteiger partial charge in [-0.3, -0.25) is 4.21 Å². The third-order valence-corrected chi connectivity index (χ3v) is 6.25. The van der Waals surface area contributed by atoms with Crippen LogP contribution >= 0.6 is 11.3 Å².